The van der Waals surface area contributed by atoms with Crippen LogP contribution in [0.3, 0.4) is 0 Å². The highest BCUT2D eigenvalue weighted by molar-refractivity contribution is 4.87. The van der Waals surface area contributed by atoms with Crippen LogP contribution in [0, 0.1) is 23.7 Å². The Morgan fingerprint density at radius 1 is 0.947 bits per heavy atom. The van der Waals surface area contributed by atoms with Crippen molar-refractivity contribution in [2.75, 3.05) is 0 Å². The maximum Gasteiger partial charge on any atom is 0.0267 e. The Bertz CT molecular complexity index is 238. The molecule has 2 heteroatoms. The number of nitrogens with two attached hydrogens (primary N) is 1. The van der Waals surface area contributed by atoms with Crippen LogP contribution in [0.25, 0.3) is 0 Å². The van der Waals surface area contributed by atoms with Gasteiger partial charge in [-0.2, -0.15) is 0 Å². The van der Waals surface area contributed by atoms with Crippen LogP contribution in [0.2, 0.25) is 0 Å². The zero-order chi connectivity index (χ0) is 13.7. The average Bonchev–Trinajstić information content (AvgIpc) is 2.44. The van der Waals surface area contributed by atoms with E-state index >= 15 is 0 Å². The van der Waals surface area contributed by atoms with Gasteiger partial charge < -0.3 is 0 Å². The topological polar surface area (TPSA) is 38.0 Å². The molecule has 0 aromatic heterocycles. The molecule has 0 aromatic carbocycles. The van der Waals surface area contributed by atoms with Gasteiger partial charge in [-0.15, -0.1) is 0 Å². The van der Waals surface area contributed by atoms with Crippen molar-refractivity contribution in [1.82, 2.24) is 5.43 Å². The lowest BCUT2D eigenvalue weighted by Crippen LogP contribution is -2.48. The van der Waals surface area contributed by atoms with Gasteiger partial charge in [-0.3, -0.25) is 11.3 Å². The van der Waals surface area contributed by atoms with Crippen LogP contribution < -0.4 is 11.3 Å². The molecule has 0 spiro atoms. The molecule has 0 aromatic rings. The minimum atomic E-state index is 0.593. The highest BCUT2D eigenvalue weighted by atomic mass is 15.2. The summed E-state index contributed by atoms with van der Waals surface area (Å²) in [6.45, 7) is 4.72. The maximum absolute atomic E-state index is 5.91. The van der Waals surface area contributed by atoms with Crippen molar-refractivity contribution < 1.29 is 0 Å². The zero-order valence-corrected chi connectivity index (χ0v) is 13.0. The van der Waals surface area contributed by atoms with Crippen molar-refractivity contribution in [3.8, 4) is 0 Å². The van der Waals surface area contributed by atoms with Crippen LogP contribution in [0.1, 0.15) is 78.1 Å². The van der Waals surface area contributed by atoms with Crippen molar-refractivity contribution in [2.45, 2.75) is 84.1 Å². The number of nitrogens with one attached hydrogen (secondary N) is 1. The lowest BCUT2D eigenvalue weighted by molar-refractivity contribution is 0.139. The Labute approximate surface area is 119 Å². The molecule has 0 heterocycles. The minimum Gasteiger partial charge on any atom is -0.271 e. The van der Waals surface area contributed by atoms with Gasteiger partial charge in [-0.1, -0.05) is 52.4 Å². The number of hydrogen-bond donors (Lipinski definition) is 2. The minimum absolute atomic E-state index is 0.593. The summed E-state index contributed by atoms with van der Waals surface area (Å²) in [5, 5.41) is 0. The van der Waals surface area contributed by atoms with E-state index in [4.69, 9.17) is 5.84 Å². The summed E-state index contributed by atoms with van der Waals surface area (Å²) in [6, 6.07) is 0.593. The summed E-state index contributed by atoms with van der Waals surface area (Å²) in [6.07, 6.45) is 14.1. The Balaban J connectivity index is 1.82. The van der Waals surface area contributed by atoms with Crippen LogP contribution in [0.4, 0.5) is 0 Å². The van der Waals surface area contributed by atoms with Gasteiger partial charge in [0.2, 0.25) is 0 Å². The van der Waals surface area contributed by atoms with Crippen LogP contribution in [-0.2, 0) is 0 Å². The molecule has 0 aliphatic heterocycles. The largest absolute Gasteiger partial charge is 0.271 e. The SMILES string of the molecule is CCCC1CCC(C(NN)C2CCC(C)CC2)CC1. The molecule has 2 aliphatic carbocycles. The molecule has 0 radical (unpaired) electrons. The highest BCUT2D eigenvalue weighted by Gasteiger charge is 2.33. The van der Waals surface area contributed by atoms with E-state index in [9.17, 15) is 0 Å². The van der Waals surface area contributed by atoms with Gasteiger partial charge in [0.15, 0.2) is 0 Å². The van der Waals surface area contributed by atoms with Gasteiger partial charge in [0.05, 0.1) is 0 Å². The van der Waals surface area contributed by atoms with Crippen LogP contribution in [0.15, 0.2) is 0 Å². The van der Waals surface area contributed by atoms with E-state index in [1.807, 2.05) is 0 Å². The van der Waals surface area contributed by atoms with Gasteiger partial charge in [0, 0.05) is 6.04 Å². The number of hydrazine groups is 1. The molecule has 19 heavy (non-hydrogen) atoms. The molecule has 2 nitrogen and oxygen atoms in total. The molecule has 0 bridgehead atoms. The molecule has 112 valence electrons. The lowest BCUT2D eigenvalue weighted by atomic mass is 9.70. The third kappa shape index (κ3) is 4.19. The third-order valence-electron chi connectivity index (χ3n) is 5.86. The van der Waals surface area contributed by atoms with E-state index < -0.39 is 0 Å². The molecule has 1 atom stereocenters. The van der Waals surface area contributed by atoms with Crippen molar-refractivity contribution in [2.24, 2.45) is 29.5 Å². The summed E-state index contributed by atoms with van der Waals surface area (Å²) in [5.74, 6) is 9.54. The molecule has 2 fully saturated rings. The quantitative estimate of drug-likeness (QED) is 0.576. The van der Waals surface area contributed by atoms with E-state index in [0.717, 1.165) is 23.7 Å². The fourth-order valence-corrected chi connectivity index (χ4v) is 4.55. The van der Waals surface area contributed by atoms with Crippen LogP contribution in [0.5, 0.6) is 0 Å². The molecule has 1 unspecified atom stereocenters. The number of rotatable bonds is 5. The first kappa shape index (κ1) is 15.3. The fourth-order valence-electron chi connectivity index (χ4n) is 4.55. The maximum atomic E-state index is 5.91. The van der Waals surface area contributed by atoms with Gasteiger partial charge in [0.25, 0.3) is 0 Å². The van der Waals surface area contributed by atoms with Gasteiger partial charge in [-0.05, 0) is 49.4 Å². The molecular formula is C17H34N2. The van der Waals surface area contributed by atoms with E-state index in [1.54, 1.807) is 0 Å². The smallest absolute Gasteiger partial charge is 0.0267 e. The Morgan fingerprint density at radius 3 is 1.95 bits per heavy atom. The first-order valence-corrected chi connectivity index (χ1v) is 8.70. The molecule has 2 rings (SSSR count). The van der Waals surface area contributed by atoms with Gasteiger partial charge in [0.1, 0.15) is 0 Å². The van der Waals surface area contributed by atoms with Crippen LogP contribution in [-0.4, -0.2) is 6.04 Å². The molecule has 2 saturated carbocycles. The number of hydrogen-bond acceptors (Lipinski definition) is 2. The highest BCUT2D eigenvalue weighted by Crippen LogP contribution is 2.39. The Morgan fingerprint density at radius 2 is 1.47 bits per heavy atom. The Hall–Kier alpha value is -0.0800. The summed E-state index contributed by atoms with van der Waals surface area (Å²) < 4.78 is 0. The third-order valence-corrected chi connectivity index (χ3v) is 5.86. The lowest BCUT2D eigenvalue weighted by Gasteiger charge is -2.40. The summed E-state index contributed by atoms with van der Waals surface area (Å²) >= 11 is 0. The summed E-state index contributed by atoms with van der Waals surface area (Å²) in [4.78, 5) is 0. The van der Waals surface area contributed by atoms with E-state index in [2.05, 4.69) is 19.3 Å². The predicted octanol–water partition coefficient (Wildman–Crippen LogP) is 4.25. The van der Waals surface area contributed by atoms with E-state index in [1.165, 1.54) is 64.2 Å². The van der Waals surface area contributed by atoms with Crippen molar-refractivity contribution in [3.05, 3.63) is 0 Å². The normalized spacial score (nSPS) is 38.1. The molecule has 3 N–H and O–H groups in total. The first-order valence-electron chi connectivity index (χ1n) is 8.70. The first-order chi connectivity index (χ1) is 9.24. The molecular weight excluding hydrogens is 232 g/mol. The van der Waals surface area contributed by atoms with Crippen molar-refractivity contribution >= 4 is 0 Å². The summed E-state index contributed by atoms with van der Waals surface area (Å²) in [5.41, 5.74) is 3.20. The van der Waals surface area contributed by atoms with E-state index in [0.29, 0.717) is 6.04 Å². The fraction of sp³-hybridized carbons (Fsp3) is 1.00. The standard InChI is InChI=1S/C17H34N2/c1-3-4-14-7-11-16(12-8-14)17(19-18)15-9-5-13(2)6-10-15/h13-17,19H,3-12,18H2,1-2H3. The van der Waals surface area contributed by atoms with Crippen molar-refractivity contribution in [3.63, 3.8) is 0 Å². The second-order valence-corrected chi connectivity index (χ2v) is 7.28. The second-order valence-electron chi connectivity index (χ2n) is 7.28. The summed E-state index contributed by atoms with van der Waals surface area (Å²) in [7, 11) is 0. The van der Waals surface area contributed by atoms with Gasteiger partial charge in [-0.25, -0.2) is 0 Å². The predicted molar refractivity (Wildman–Crippen MR) is 82.6 cm³/mol. The zero-order valence-electron chi connectivity index (χ0n) is 13.0. The van der Waals surface area contributed by atoms with Gasteiger partial charge >= 0.3 is 0 Å². The monoisotopic (exact) mass is 266 g/mol. The van der Waals surface area contributed by atoms with E-state index in [-0.39, 0.29) is 0 Å². The second kappa shape index (κ2) is 7.64. The van der Waals surface area contributed by atoms with Crippen LogP contribution >= 0.6 is 0 Å². The molecule has 0 amide bonds. The van der Waals surface area contributed by atoms with Crippen molar-refractivity contribution in [1.29, 1.82) is 0 Å². The Kier molecular flexibility index (Phi) is 6.15. The molecule has 0 saturated heterocycles. The average molecular weight is 266 g/mol. The molecule has 2 aliphatic rings.